The minimum atomic E-state index is -0.402. The van der Waals surface area contributed by atoms with Crippen molar-refractivity contribution >= 4 is 11.6 Å². The molecule has 1 aromatic rings. The number of benzene rings is 1. The Morgan fingerprint density at radius 1 is 1.39 bits per heavy atom. The molecule has 3 nitrogen and oxygen atoms in total. The second-order valence-electron chi connectivity index (χ2n) is 4.46. The minimum Gasteiger partial charge on any atom is -0.506 e. The molecule has 1 aliphatic heterocycles. The van der Waals surface area contributed by atoms with Gasteiger partial charge in [0, 0.05) is 37.8 Å². The number of hydrogen-bond acceptors (Lipinski definition) is 3. The maximum absolute atomic E-state index is 12.8. The molecular formula is C13H18ClFN2O. The van der Waals surface area contributed by atoms with Crippen molar-refractivity contribution in [2.24, 2.45) is 0 Å². The Kier molecular flexibility index (Phi) is 4.80. The van der Waals surface area contributed by atoms with Crippen LogP contribution in [0.1, 0.15) is 18.0 Å². The molecule has 0 radical (unpaired) electrons. The standard InChI is InChI=1S/C13H18ClFN2O/c14-11-3-1-2-10(13(11)18)12(4-5-15)17-8-6-16-7-9-17/h1-3,12,16,18H,4-9H2/t12-/m1/s1. The number of rotatable bonds is 4. The van der Waals surface area contributed by atoms with E-state index >= 15 is 0 Å². The summed E-state index contributed by atoms with van der Waals surface area (Å²) in [6.45, 7) is 3.10. The van der Waals surface area contributed by atoms with Crippen LogP contribution in [0.25, 0.3) is 0 Å². The number of hydrogen-bond donors (Lipinski definition) is 2. The second-order valence-corrected chi connectivity index (χ2v) is 4.86. The van der Waals surface area contributed by atoms with Crippen LogP contribution in [0, 0.1) is 0 Å². The van der Waals surface area contributed by atoms with Crippen LogP contribution in [0.2, 0.25) is 5.02 Å². The summed E-state index contributed by atoms with van der Waals surface area (Å²) in [7, 11) is 0. The fourth-order valence-electron chi connectivity index (χ4n) is 2.43. The molecule has 2 rings (SSSR count). The molecule has 1 atom stereocenters. The highest BCUT2D eigenvalue weighted by atomic mass is 35.5. The van der Waals surface area contributed by atoms with Crippen molar-refractivity contribution in [3.8, 4) is 5.75 Å². The van der Waals surface area contributed by atoms with Crippen molar-refractivity contribution in [2.45, 2.75) is 12.5 Å². The third kappa shape index (κ3) is 2.94. The monoisotopic (exact) mass is 272 g/mol. The quantitative estimate of drug-likeness (QED) is 0.883. The van der Waals surface area contributed by atoms with Gasteiger partial charge in [0.05, 0.1) is 11.7 Å². The van der Waals surface area contributed by atoms with Gasteiger partial charge in [-0.3, -0.25) is 9.29 Å². The molecule has 0 unspecified atom stereocenters. The minimum absolute atomic E-state index is 0.0798. The number of halogens is 2. The average molecular weight is 273 g/mol. The lowest BCUT2D eigenvalue weighted by Crippen LogP contribution is -2.45. The molecule has 0 aliphatic carbocycles. The molecule has 1 saturated heterocycles. The lowest BCUT2D eigenvalue weighted by molar-refractivity contribution is 0.155. The first-order valence-electron chi connectivity index (χ1n) is 6.22. The maximum Gasteiger partial charge on any atom is 0.138 e. The van der Waals surface area contributed by atoms with Crippen molar-refractivity contribution in [1.29, 1.82) is 0 Å². The topological polar surface area (TPSA) is 35.5 Å². The van der Waals surface area contributed by atoms with Crippen LogP contribution in [0.5, 0.6) is 5.75 Å². The molecule has 0 aromatic heterocycles. The summed E-state index contributed by atoms with van der Waals surface area (Å²) in [6, 6.07) is 5.16. The van der Waals surface area contributed by atoms with E-state index in [1.54, 1.807) is 12.1 Å². The van der Waals surface area contributed by atoms with E-state index in [4.69, 9.17) is 11.6 Å². The Labute approximate surface area is 112 Å². The Morgan fingerprint density at radius 3 is 2.78 bits per heavy atom. The molecule has 0 saturated carbocycles. The van der Waals surface area contributed by atoms with Gasteiger partial charge in [0.1, 0.15) is 5.75 Å². The SMILES string of the molecule is Oc1c(Cl)cccc1[C@@H](CCF)N1CCNCC1. The molecule has 1 fully saturated rings. The Balaban J connectivity index is 2.25. The van der Waals surface area contributed by atoms with E-state index in [1.165, 1.54) is 0 Å². The first kappa shape index (κ1) is 13.6. The van der Waals surface area contributed by atoms with E-state index in [0.717, 1.165) is 31.7 Å². The van der Waals surface area contributed by atoms with Crippen LogP contribution >= 0.6 is 11.6 Å². The Hall–Kier alpha value is -0.840. The predicted octanol–water partition coefficient (Wildman–Crippen LogP) is 2.35. The molecule has 1 aliphatic rings. The zero-order valence-electron chi connectivity index (χ0n) is 10.2. The van der Waals surface area contributed by atoms with Crippen LogP contribution in [0.15, 0.2) is 18.2 Å². The number of nitrogens with one attached hydrogen (secondary N) is 1. The summed E-state index contributed by atoms with van der Waals surface area (Å²) in [5.74, 6) is 0.0798. The van der Waals surface area contributed by atoms with Gasteiger partial charge in [0.2, 0.25) is 0 Å². The largest absolute Gasteiger partial charge is 0.506 e. The highest BCUT2D eigenvalue weighted by Gasteiger charge is 2.24. The Morgan fingerprint density at radius 2 is 2.11 bits per heavy atom. The normalized spacial score (nSPS) is 18.8. The van der Waals surface area contributed by atoms with Crippen molar-refractivity contribution in [2.75, 3.05) is 32.9 Å². The smallest absolute Gasteiger partial charge is 0.138 e. The van der Waals surface area contributed by atoms with Crippen LogP contribution in [0.4, 0.5) is 4.39 Å². The third-order valence-corrected chi connectivity index (χ3v) is 3.66. The van der Waals surface area contributed by atoms with Gasteiger partial charge in [-0.1, -0.05) is 23.7 Å². The highest BCUT2D eigenvalue weighted by Crippen LogP contribution is 2.36. The second kappa shape index (κ2) is 6.36. The predicted molar refractivity (Wildman–Crippen MR) is 70.9 cm³/mol. The number of aromatic hydroxyl groups is 1. The molecule has 5 heteroatoms. The van der Waals surface area contributed by atoms with E-state index < -0.39 is 6.67 Å². The number of piperazine rings is 1. The number of phenols is 1. The maximum atomic E-state index is 12.8. The lowest BCUT2D eigenvalue weighted by atomic mass is 10.0. The molecule has 1 aromatic carbocycles. The highest BCUT2D eigenvalue weighted by molar-refractivity contribution is 6.32. The van der Waals surface area contributed by atoms with Crippen LogP contribution in [-0.2, 0) is 0 Å². The summed E-state index contributed by atoms with van der Waals surface area (Å²) in [5, 5.41) is 13.6. The molecule has 1 heterocycles. The van der Waals surface area contributed by atoms with E-state index in [1.807, 2.05) is 6.07 Å². The first-order valence-corrected chi connectivity index (χ1v) is 6.60. The van der Waals surface area contributed by atoms with E-state index in [2.05, 4.69) is 10.2 Å². The zero-order valence-corrected chi connectivity index (χ0v) is 11.0. The van der Waals surface area contributed by atoms with Gasteiger partial charge < -0.3 is 10.4 Å². The Bertz CT molecular complexity index is 397. The van der Waals surface area contributed by atoms with Crippen LogP contribution in [-0.4, -0.2) is 42.9 Å². The molecule has 0 amide bonds. The van der Waals surface area contributed by atoms with Crippen molar-refractivity contribution in [3.05, 3.63) is 28.8 Å². The van der Waals surface area contributed by atoms with Gasteiger partial charge in [-0.05, 0) is 12.5 Å². The lowest BCUT2D eigenvalue weighted by Gasteiger charge is -2.35. The van der Waals surface area contributed by atoms with E-state index in [9.17, 15) is 9.50 Å². The number of phenolic OH excluding ortho intramolecular Hbond substituents is 1. The average Bonchev–Trinajstić information content (AvgIpc) is 2.41. The molecule has 0 bridgehead atoms. The third-order valence-electron chi connectivity index (χ3n) is 3.35. The molecule has 0 spiro atoms. The fourth-order valence-corrected chi connectivity index (χ4v) is 2.61. The number of nitrogens with zero attached hydrogens (tertiary/aromatic N) is 1. The van der Waals surface area contributed by atoms with Gasteiger partial charge in [-0.15, -0.1) is 0 Å². The van der Waals surface area contributed by atoms with Gasteiger partial charge in [0.25, 0.3) is 0 Å². The van der Waals surface area contributed by atoms with Crippen molar-refractivity contribution in [1.82, 2.24) is 10.2 Å². The summed E-state index contributed by atoms with van der Waals surface area (Å²) < 4.78 is 12.8. The molecule has 18 heavy (non-hydrogen) atoms. The molecule has 100 valence electrons. The first-order chi connectivity index (χ1) is 8.74. The van der Waals surface area contributed by atoms with Gasteiger partial charge >= 0.3 is 0 Å². The summed E-state index contributed by atoms with van der Waals surface area (Å²) >= 11 is 5.92. The van der Waals surface area contributed by atoms with Gasteiger partial charge in [-0.2, -0.15) is 0 Å². The fraction of sp³-hybridized carbons (Fsp3) is 0.538. The summed E-state index contributed by atoms with van der Waals surface area (Å²) in [5.41, 5.74) is 0.724. The van der Waals surface area contributed by atoms with Gasteiger partial charge in [0.15, 0.2) is 0 Å². The zero-order chi connectivity index (χ0) is 13.0. The van der Waals surface area contributed by atoms with Gasteiger partial charge in [-0.25, -0.2) is 0 Å². The van der Waals surface area contributed by atoms with E-state index in [0.29, 0.717) is 11.4 Å². The van der Waals surface area contributed by atoms with Crippen molar-refractivity contribution < 1.29 is 9.50 Å². The number of alkyl halides is 1. The number of para-hydroxylation sites is 1. The molecular weight excluding hydrogens is 255 g/mol. The van der Waals surface area contributed by atoms with Crippen LogP contribution in [0.3, 0.4) is 0 Å². The van der Waals surface area contributed by atoms with Crippen LogP contribution < -0.4 is 5.32 Å². The summed E-state index contributed by atoms with van der Waals surface area (Å²) in [6.07, 6.45) is 0.383. The van der Waals surface area contributed by atoms with E-state index in [-0.39, 0.29) is 11.8 Å². The summed E-state index contributed by atoms with van der Waals surface area (Å²) in [4.78, 5) is 2.20. The van der Waals surface area contributed by atoms with Crippen molar-refractivity contribution in [3.63, 3.8) is 0 Å². The molecule has 2 N–H and O–H groups in total.